The number of nitrogens with zero attached hydrogens (tertiary/aromatic N) is 5. The van der Waals surface area contributed by atoms with E-state index in [1.807, 2.05) is 34.9 Å². The molecule has 0 bridgehead atoms. The third-order valence-electron chi connectivity index (χ3n) is 8.33. The Bertz CT molecular complexity index is 1940. The number of carbonyl (C=O) groups is 1. The minimum absolute atomic E-state index is 0.290. The molecule has 1 amide bonds. The average Bonchev–Trinajstić information content (AvgIpc) is 3.57. The molecule has 1 saturated heterocycles. The SMILES string of the molecule is C=CC(=O)Nc1cc(-c2cc3c(cn2)cc(-c2c(Cl)c(OC)cc(OC)c2Cl)c2nccn23)c(OC)cc1CN1CCN(C)CC1. The normalized spacial score (nSPS) is 14.0. The van der Waals surface area contributed by atoms with Crippen molar-refractivity contribution in [2.45, 2.75) is 6.54 Å². The van der Waals surface area contributed by atoms with Crippen LogP contribution in [0.5, 0.6) is 17.2 Å². The van der Waals surface area contributed by atoms with Crippen molar-refractivity contribution in [1.29, 1.82) is 0 Å². The predicted molar refractivity (Wildman–Crippen MR) is 183 cm³/mol. The Kier molecular flexibility index (Phi) is 9.06. The van der Waals surface area contributed by atoms with Gasteiger partial charge in [0, 0.05) is 85.1 Å². The number of piperazine rings is 1. The second kappa shape index (κ2) is 13.2. The zero-order valence-corrected chi connectivity index (χ0v) is 27.6. The highest BCUT2D eigenvalue weighted by atomic mass is 35.5. The second-order valence-electron chi connectivity index (χ2n) is 11.1. The minimum atomic E-state index is -0.290. The number of methoxy groups -OCH3 is 3. The summed E-state index contributed by atoms with van der Waals surface area (Å²) < 4.78 is 18.9. The Morgan fingerprint density at radius 1 is 0.935 bits per heavy atom. The number of amides is 1. The molecular formula is C34H34Cl2N6O4. The quantitative estimate of drug-likeness (QED) is 0.181. The van der Waals surface area contributed by atoms with Gasteiger partial charge in [-0.05, 0) is 43.0 Å². The summed E-state index contributed by atoms with van der Waals surface area (Å²) in [5.74, 6) is 1.21. The van der Waals surface area contributed by atoms with Crippen molar-refractivity contribution in [3.05, 3.63) is 77.2 Å². The van der Waals surface area contributed by atoms with Crippen LogP contribution < -0.4 is 19.5 Å². The number of nitrogens with one attached hydrogen (secondary N) is 1. The number of hydrogen-bond acceptors (Lipinski definition) is 8. The third kappa shape index (κ3) is 5.85. The standard InChI is InChI=1S/C34H34Cl2N6O4/c1-6-30(43)39-24-15-22(27(44-3)14-21(24)19-41-11-9-40(2)10-12-41)25-16-26-20(18-38-25)13-23(34-37-7-8-42(26)34)31-32(35)28(45-4)17-29(46-5)33(31)36/h6-8,13-18H,1,9-12,19H2,2-5H3,(H,39,43). The van der Waals surface area contributed by atoms with Crippen LogP contribution in [0.1, 0.15) is 5.56 Å². The summed E-state index contributed by atoms with van der Waals surface area (Å²) in [6.07, 6.45) is 6.64. The van der Waals surface area contributed by atoms with Crippen LogP contribution in [-0.4, -0.2) is 84.6 Å². The maximum atomic E-state index is 12.5. The van der Waals surface area contributed by atoms with Gasteiger partial charge in [-0.15, -0.1) is 0 Å². The molecule has 6 rings (SSSR count). The number of aromatic nitrogens is 3. The van der Waals surface area contributed by atoms with Gasteiger partial charge in [0.05, 0.1) is 42.6 Å². The Morgan fingerprint density at radius 2 is 1.63 bits per heavy atom. The number of rotatable bonds is 9. The highest BCUT2D eigenvalue weighted by Gasteiger charge is 2.23. The molecule has 1 N–H and O–H groups in total. The monoisotopic (exact) mass is 660 g/mol. The molecule has 1 aliphatic heterocycles. The Morgan fingerprint density at radius 3 is 2.28 bits per heavy atom. The van der Waals surface area contributed by atoms with Gasteiger partial charge in [0.1, 0.15) is 22.9 Å². The molecule has 2 aromatic carbocycles. The predicted octanol–water partition coefficient (Wildman–Crippen LogP) is 6.42. The highest BCUT2D eigenvalue weighted by molar-refractivity contribution is 6.41. The summed E-state index contributed by atoms with van der Waals surface area (Å²) in [7, 11) is 6.84. The van der Waals surface area contributed by atoms with Gasteiger partial charge in [-0.1, -0.05) is 29.8 Å². The lowest BCUT2D eigenvalue weighted by Gasteiger charge is -2.33. The zero-order valence-electron chi connectivity index (χ0n) is 26.1. The fourth-order valence-electron chi connectivity index (χ4n) is 5.81. The van der Waals surface area contributed by atoms with Crippen LogP contribution in [-0.2, 0) is 11.3 Å². The van der Waals surface area contributed by atoms with Crippen molar-refractivity contribution in [3.8, 4) is 39.6 Å². The van der Waals surface area contributed by atoms with E-state index >= 15 is 0 Å². The lowest BCUT2D eigenvalue weighted by molar-refractivity contribution is -0.111. The molecule has 1 aliphatic rings. The van der Waals surface area contributed by atoms with Crippen LogP contribution in [0, 0.1) is 0 Å². The number of benzene rings is 2. The van der Waals surface area contributed by atoms with Crippen LogP contribution >= 0.6 is 23.2 Å². The van der Waals surface area contributed by atoms with Gasteiger partial charge in [-0.3, -0.25) is 19.1 Å². The summed E-state index contributed by atoms with van der Waals surface area (Å²) >= 11 is 13.6. The molecule has 4 heterocycles. The van der Waals surface area contributed by atoms with E-state index in [2.05, 4.69) is 33.7 Å². The lowest BCUT2D eigenvalue weighted by Crippen LogP contribution is -2.44. The first-order chi connectivity index (χ1) is 22.3. The highest BCUT2D eigenvalue weighted by Crippen LogP contribution is 2.47. The van der Waals surface area contributed by atoms with E-state index in [0.717, 1.165) is 48.2 Å². The summed E-state index contributed by atoms with van der Waals surface area (Å²) in [5, 5.41) is 4.51. The molecule has 3 aromatic heterocycles. The van der Waals surface area contributed by atoms with Crippen molar-refractivity contribution >= 4 is 51.3 Å². The fraction of sp³-hybridized carbons (Fsp3) is 0.265. The molecule has 0 radical (unpaired) electrons. The number of carbonyl (C=O) groups excluding carboxylic acids is 1. The van der Waals surface area contributed by atoms with Gasteiger partial charge in [-0.2, -0.15) is 0 Å². The maximum Gasteiger partial charge on any atom is 0.247 e. The molecule has 0 aliphatic carbocycles. The van der Waals surface area contributed by atoms with Crippen LogP contribution in [0.25, 0.3) is 38.9 Å². The van der Waals surface area contributed by atoms with Gasteiger partial charge in [0.2, 0.25) is 5.91 Å². The van der Waals surface area contributed by atoms with Gasteiger partial charge in [-0.25, -0.2) is 4.98 Å². The molecule has 238 valence electrons. The van der Waals surface area contributed by atoms with E-state index < -0.39 is 0 Å². The van der Waals surface area contributed by atoms with Crippen LogP contribution in [0.3, 0.4) is 0 Å². The maximum absolute atomic E-state index is 12.5. The van der Waals surface area contributed by atoms with E-state index in [0.29, 0.717) is 62.0 Å². The van der Waals surface area contributed by atoms with Gasteiger partial charge in [0.15, 0.2) is 0 Å². The van der Waals surface area contributed by atoms with Crippen LogP contribution in [0.2, 0.25) is 10.0 Å². The van der Waals surface area contributed by atoms with E-state index in [-0.39, 0.29) is 5.91 Å². The smallest absolute Gasteiger partial charge is 0.247 e. The fourth-order valence-corrected chi connectivity index (χ4v) is 6.52. The molecule has 0 spiro atoms. The van der Waals surface area contributed by atoms with E-state index in [4.69, 9.17) is 42.4 Å². The second-order valence-corrected chi connectivity index (χ2v) is 11.8. The molecule has 12 heteroatoms. The zero-order chi connectivity index (χ0) is 32.5. The Balaban J connectivity index is 1.49. The van der Waals surface area contributed by atoms with Crippen molar-refractivity contribution in [2.24, 2.45) is 0 Å². The van der Waals surface area contributed by atoms with Gasteiger partial charge < -0.3 is 24.4 Å². The first-order valence-electron chi connectivity index (χ1n) is 14.7. The number of fused-ring (bicyclic) bond motifs is 3. The van der Waals surface area contributed by atoms with Crippen molar-refractivity contribution in [2.75, 3.05) is 59.9 Å². The summed E-state index contributed by atoms with van der Waals surface area (Å²) in [4.78, 5) is 26.7. The first kappa shape index (κ1) is 31.6. The number of likely N-dealkylation sites (N-methyl/N-ethyl adjacent to an activating group) is 1. The molecule has 46 heavy (non-hydrogen) atoms. The van der Waals surface area contributed by atoms with Gasteiger partial charge >= 0.3 is 0 Å². The number of pyridine rings is 2. The average molecular weight is 662 g/mol. The first-order valence-corrected chi connectivity index (χ1v) is 15.4. The van der Waals surface area contributed by atoms with E-state index in [9.17, 15) is 4.79 Å². The molecule has 5 aromatic rings. The Labute approximate surface area is 277 Å². The largest absolute Gasteiger partial charge is 0.496 e. The summed E-state index contributed by atoms with van der Waals surface area (Å²) in [5.41, 5.74) is 5.74. The third-order valence-corrected chi connectivity index (χ3v) is 9.08. The number of ether oxygens (including phenoxy) is 3. The number of halogens is 2. The number of imidazole rings is 1. The van der Waals surface area contributed by atoms with Gasteiger partial charge in [0.25, 0.3) is 0 Å². The Hall–Kier alpha value is -4.35. The molecule has 1 fully saturated rings. The minimum Gasteiger partial charge on any atom is -0.496 e. The lowest BCUT2D eigenvalue weighted by atomic mass is 10.0. The summed E-state index contributed by atoms with van der Waals surface area (Å²) in [6.45, 7) is 8.14. The molecule has 10 nitrogen and oxygen atoms in total. The van der Waals surface area contributed by atoms with Crippen LogP contribution in [0.4, 0.5) is 5.69 Å². The molecule has 0 unspecified atom stereocenters. The van der Waals surface area contributed by atoms with Crippen molar-refractivity contribution in [1.82, 2.24) is 24.2 Å². The molecule has 0 atom stereocenters. The van der Waals surface area contributed by atoms with E-state index in [1.165, 1.54) is 20.3 Å². The number of hydrogen-bond donors (Lipinski definition) is 1. The topological polar surface area (TPSA) is 93.5 Å². The van der Waals surface area contributed by atoms with E-state index in [1.54, 1.807) is 25.6 Å². The van der Waals surface area contributed by atoms with Crippen LogP contribution in [0.15, 0.2) is 61.6 Å². The number of anilines is 1. The molecule has 0 saturated carbocycles. The molecular weight excluding hydrogens is 627 g/mol. The summed E-state index contributed by atoms with van der Waals surface area (Å²) in [6, 6.07) is 9.48. The van der Waals surface area contributed by atoms with Crippen molar-refractivity contribution in [3.63, 3.8) is 0 Å². The van der Waals surface area contributed by atoms with Crippen molar-refractivity contribution < 1.29 is 19.0 Å².